The number of fused-ring (bicyclic) bond motifs is 2. The van der Waals surface area contributed by atoms with Gasteiger partial charge in [0.1, 0.15) is 17.9 Å². The van der Waals surface area contributed by atoms with Crippen molar-refractivity contribution >= 4 is 28.5 Å². The molecule has 0 aliphatic carbocycles. The van der Waals surface area contributed by atoms with E-state index in [9.17, 15) is 4.79 Å². The van der Waals surface area contributed by atoms with Crippen LogP contribution in [-0.4, -0.2) is 12.8 Å². The van der Waals surface area contributed by atoms with Gasteiger partial charge in [0.15, 0.2) is 6.79 Å². The molecular weight excluding hydrogens is 356 g/mol. The number of benzene rings is 2. The zero-order valence-corrected chi connectivity index (χ0v) is 15.0. The van der Waals surface area contributed by atoms with Crippen molar-refractivity contribution in [1.29, 1.82) is 0 Å². The lowest BCUT2D eigenvalue weighted by Crippen LogP contribution is -2.14. The van der Waals surface area contributed by atoms with Crippen LogP contribution >= 0.6 is 11.6 Å². The molecule has 0 radical (unpaired) electrons. The summed E-state index contributed by atoms with van der Waals surface area (Å²) in [4.78, 5) is 12.3. The van der Waals surface area contributed by atoms with Gasteiger partial charge in [0.2, 0.25) is 0 Å². The Balaban J connectivity index is 1.46. The average molecular weight is 373 g/mol. The van der Waals surface area contributed by atoms with Crippen LogP contribution < -0.4 is 4.74 Å². The van der Waals surface area contributed by atoms with Gasteiger partial charge in [-0.15, -0.1) is 0 Å². The average Bonchev–Trinajstić information content (AvgIpc) is 3.01. The van der Waals surface area contributed by atoms with E-state index < -0.39 is 0 Å². The molecule has 0 fully saturated rings. The van der Waals surface area contributed by atoms with Gasteiger partial charge in [-0.1, -0.05) is 23.7 Å². The Morgan fingerprint density at radius 1 is 1.23 bits per heavy atom. The second kappa shape index (κ2) is 7.02. The highest BCUT2D eigenvalue weighted by Gasteiger charge is 2.18. The largest absolute Gasteiger partial charge is 0.467 e. The maximum absolute atomic E-state index is 12.3. The highest BCUT2D eigenvalue weighted by molar-refractivity contribution is 6.30. The molecule has 0 amide bonds. The molecule has 2 heterocycles. The highest BCUT2D eigenvalue weighted by Crippen LogP contribution is 2.32. The van der Waals surface area contributed by atoms with Gasteiger partial charge in [-0.05, 0) is 30.7 Å². The fourth-order valence-electron chi connectivity index (χ4n) is 3.06. The maximum Gasteiger partial charge on any atom is 0.310 e. The number of esters is 1. The number of aryl methyl sites for hydroxylation is 1. The van der Waals surface area contributed by atoms with E-state index in [0.717, 1.165) is 33.2 Å². The first-order valence-electron chi connectivity index (χ1n) is 8.24. The molecule has 0 saturated carbocycles. The van der Waals surface area contributed by atoms with Crippen LogP contribution in [0.3, 0.4) is 0 Å². The van der Waals surface area contributed by atoms with Crippen molar-refractivity contribution in [1.82, 2.24) is 0 Å². The number of ether oxygens (including phenoxy) is 3. The monoisotopic (exact) mass is 372 g/mol. The third-order valence-corrected chi connectivity index (χ3v) is 4.50. The Morgan fingerprint density at radius 2 is 2.12 bits per heavy atom. The van der Waals surface area contributed by atoms with Crippen molar-refractivity contribution in [2.45, 2.75) is 26.6 Å². The lowest BCUT2D eigenvalue weighted by molar-refractivity contribution is -0.144. The molecule has 1 aliphatic heterocycles. The molecule has 3 aromatic rings. The van der Waals surface area contributed by atoms with Crippen molar-refractivity contribution in [2.24, 2.45) is 0 Å². The van der Waals surface area contributed by atoms with Crippen LogP contribution in [0.4, 0.5) is 0 Å². The topological polar surface area (TPSA) is 57.9 Å². The predicted molar refractivity (Wildman–Crippen MR) is 96.2 cm³/mol. The minimum Gasteiger partial charge on any atom is -0.467 e. The molecule has 0 atom stereocenters. The van der Waals surface area contributed by atoms with Crippen molar-refractivity contribution in [2.75, 3.05) is 6.79 Å². The maximum atomic E-state index is 12.3. The molecule has 5 nitrogen and oxygen atoms in total. The quantitative estimate of drug-likeness (QED) is 0.629. The smallest absolute Gasteiger partial charge is 0.310 e. The van der Waals surface area contributed by atoms with Gasteiger partial charge in [-0.2, -0.15) is 0 Å². The van der Waals surface area contributed by atoms with E-state index in [4.69, 9.17) is 30.2 Å². The van der Waals surface area contributed by atoms with Crippen LogP contribution in [0.25, 0.3) is 11.0 Å². The molecule has 0 unspecified atom stereocenters. The highest BCUT2D eigenvalue weighted by atomic mass is 35.5. The lowest BCUT2D eigenvalue weighted by Gasteiger charge is -2.21. The molecule has 0 N–H and O–H groups in total. The van der Waals surface area contributed by atoms with E-state index in [0.29, 0.717) is 17.4 Å². The number of furan rings is 1. The minimum atomic E-state index is -0.339. The van der Waals surface area contributed by atoms with E-state index in [1.807, 2.05) is 25.1 Å². The number of halogens is 1. The van der Waals surface area contributed by atoms with E-state index in [1.165, 1.54) is 0 Å². The number of carbonyl (C=O) groups excluding carboxylic acids is 1. The van der Waals surface area contributed by atoms with Crippen LogP contribution in [0.5, 0.6) is 5.75 Å². The van der Waals surface area contributed by atoms with Gasteiger partial charge >= 0.3 is 5.97 Å². The Morgan fingerprint density at radius 3 is 3.00 bits per heavy atom. The van der Waals surface area contributed by atoms with Crippen LogP contribution in [0.2, 0.25) is 5.02 Å². The second-order valence-corrected chi connectivity index (χ2v) is 6.70. The van der Waals surface area contributed by atoms with Crippen molar-refractivity contribution < 1.29 is 23.4 Å². The summed E-state index contributed by atoms with van der Waals surface area (Å²) in [5, 5.41) is 1.48. The van der Waals surface area contributed by atoms with Crippen molar-refractivity contribution in [3.05, 3.63) is 63.9 Å². The Bertz CT molecular complexity index is 976. The zero-order chi connectivity index (χ0) is 18.1. The molecule has 26 heavy (non-hydrogen) atoms. The SMILES string of the molecule is Cc1ccc2c(CC(=O)OCc3cc(Cl)cc4c3OCOC4)coc2c1. The summed E-state index contributed by atoms with van der Waals surface area (Å²) in [5.41, 5.74) is 4.27. The third-order valence-electron chi connectivity index (χ3n) is 4.29. The molecule has 2 aromatic carbocycles. The van der Waals surface area contributed by atoms with E-state index in [1.54, 1.807) is 18.4 Å². The van der Waals surface area contributed by atoms with Crippen molar-refractivity contribution in [3.63, 3.8) is 0 Å². The summed E-state index contributed by atoms with van der Waals surface area (Å²) in [6.07, 6.45) is 1.75. The van der Waals surface area contributed by atoms with Gasteiger partial charge in [0.25, 0.3) is 0 Å². The van der Waals surface area contributed by atoms with E-state index in [-0.39, 0.29) is 25.8 Å². The molecular formula is C20H17ClO5. The number of carbonyl (C=O) groups is 1. The Labute approximate surface area is 155 Å². The summed E-state index contributed by atoms with van der Waals surface area (Å²) >= 11 is 6.13. The van der Waals surface area contributed by atoms with Gasteiger partial charge < -0.3 is 18.6 Å². The molecule has 6 heteroatoms. The van der Waals surface area contributed by atoms with Gasteiger partial charge in [-0.25, -0.2) is 0 Å². The standard InChI is InChI=1S/C20H17ClO5/c1-12-2-3-17-13(9-24-18(17)4-12)7-19(22)25-10-15-6-16(21)5-14-8-23-11-26-20(14)15/h2-6,9H,7-8,10-11H2,1H3. The fourth-order valence-corrected chi connectivity index (χ4v) is 3.32. The number of hydrogen-bond donors (Lipinski definition) is 0. The van der Waals surface area contributed by atoms with E-state index >= 15 is 0 Å². The normalized spacial score (nSPS) is 13.3. The summed E-state index contributed by atoms with van der Waals surface area (Å²) in [6.45, 7) is 2.69. The first kappa shape index (κ1) is 16.9. The first-order chi connectivity index (χ1) is 12.6. The summed E-state index contributed by atoms with van der Waals surface area (Å²) in [7, 11) is 0. The molecule has 0 saturated heterocycles. The Kier molecular flexibility index (Phi) is 4.57. The van der Waals surface area contributed by atoms with E-state index in [2.05, 4.69) is 0 Å². The molecule has 0 bridgehead atoms. The third kappa shape index (κ3) is 3.41. The summed E-state index contributed by atoms with van der Waals surface area (Å²) < 4.78 is 21.7. The molecule has 4 rings (SSSR count). The molecule has 1 aromatic heterocycles. The minimum absolute atomic E-state index is 0.0939. The molecule has 0 spiro atoms. The fraction of sp³-hybridized carbons (Fsp3) is 0.250. The second-order valence-electron chi connectivity index (χ2n) is 6.26. The molecule has 134 valence electrons. The van der Waals surface area contributed by atoms with Crippen LogP contribution in [0.15, 0.2) is 41.0 Å². The predicted octanol–water partition coefficient (Wildman–Crippen LogP) is 4.55. The summed E-state index contributed by atoms with van der Waals surface area (Å²) in [6, 6.07) is 9.43. The van der Waals surface area contributed by atoms with Crippen LogP contribution in [-0.2, 0) is 33.9 Å². The lowest BCUT2D eigenvalue weighted by atomic mass is 10.1. The molecule has 1 aliphatic rings. The van der Waals surface area contributed by atoms with Gasteiger partial charge in [-0.3, -0.25) is 4.79 Å². The van der Waals surface area contributed by atoms with Crippen molar-refractivity contribution in [3.8, 4) is 5.75 Å². The van der Waals surface area contributed by atoms with Crippen LogP contribution in [0.1, 0.15) is 22.3 Å². The van der Waals surface area contributed by atoms with Gasteiger partial charge in [0.05, 0.1) is 19.3 Å². The first-order valence-corrected chi connectivity index (χ1v) is 8.62. The zero-order valence-electron chi connectivity index (χ0n) is 14.2. The number of hydrogen-bond acceptors (Lipinski definition) is 5. The van der Waals surface area contributed by atoms with Crippen LogP contribution in [0, 0.1) is 6.92 Å². The Hall–Kier alpha value is -2.50. The number of rotatable bonds is 4. The summed E-state index contributed by atoms with van der Waals surface area (Å²) in [5.74, 6) is 0.340. The van der Waals surface area contributed by atoms with Gasteiger partial charge in [0, 0.05) is 27.1 Å².